The summed E-state index contributed by atoms with van der Waals surface area (Å²) in [6, 6.07) is 8.17. The quantitative estimate of drug-likeness (QED) is 0.512. The number of aromatic hydroxyl groups is 1. The third-order valence-electron chi connectivity index (χ3n) is 5.55. The van der Waals surface area contributed by atoms with E-state index in [4.69, 9.17) is 16.6 Å². The zero-order valence-corrected chi connectivity index (χ0v) is 17.9. The lowest BCUT2D eigenvalue weighted by Gasteiger charge is -2.36. The molecule has 2 aromatic carbocycles. The monoisotopic (exact) mass is 422 g/mol. The van der Waals surface area contributed by atoms with Crippen molar-refractivity contribution in [2.24, 2.45) is 7.05 Å². The summed E-state index contributed by atoms with van der Waals surface area (Å²) in [4.78, 5) is 11.6. The van der Waals surface area contributed by atoms with Crippen LogP contribution < -0.4 is 10.2 Å². The van der Waals surface area contributed by atoms with Gasteiger partial charge in [0.05, 0.1) is 16.1 Å². The molecular formula is C22H23ClN6O. The Balaban J connectivity index is 1.57. The maximum absolute atomic E-state index is 10.6. The summed E-state index contributed by atoms with van der Waals surface area (Å²) in [6.45, 7) is 6.05. The third-order valence-corrected chi connectivity index (χ3v) is 5.96. The van der Waals surface area contributed by atoms with Crippen molar-refractivity contribution in [3.63, 3.8) is 0 Å². The Morgan fingerprint density at radius 1 is 1.10 bits per heavy atom. The minimum absolute atomic E-state index is 0.142. The molecule has 4 aromatic rings. The van der Waals surface area contributed by atoms with Gasteiger partial charge in [-0.3, -0.25) is 4.68 Å². The molecule has 30 heavy (non-hydrogen) atoms. The highest BCUT2D eigenvalue weighted by atomic mass is 35.5. The van der Waals surface area contributed by atoms with Gasteiger partial charge in [-0.15, -0.1) is 0 Å². The van der Waals surface area contributed by atoms with Crippen LogP contribution in [0.4, 0.5) is 5.95 Å². The highest BCUT2D eigenvalue weighted by molar-refractivity contribution is 6.38. The van der Waals surface area contributed by atoms with E-state index in [9.17, 15) is 5.11 Å². The van der Waals surface area contributed by atoms with Gasteiger partial charge < -0.3 is 15.3 Å². The predicted molar refractivity (Wildman–Crippen MR) is 120 cm³/mol. The van der Waals surface area contributed by atoms with Gasteiger partial charge in [0.15, 0.2) is 0 Å². The standard InChI is InChI=1S/C22H23ClN6O/c1-12-9-29(10-13(2)25-12)22-24-8-17-18(26-22)5-4-15(21(17)23)16-6-14-11-28(3)27-19(14)7-20(16)30/h4-8,11-13,25,30H,9-10H2,1-3H3/t12-,13-/m0/s1. The van der Waals surface area contributed by atoms with E-state index < -0.39 is 0 Å². The Morgan fingerprint density at radius 2 is 1.87 bits per heavy atom. The van der Waals surface area contributed by atoms with Crippen molar-refractivity contribution in [1.29, 1.82) is 0 Å². The van der Waals surface area contributed by atoms with E-state index in [0.717, 1.165) is 40.5 Å². The molecule has 1 aliphatic rings. The molecule has 2 atom stereocenters. The molecule has 5 rings (SSSR count). The molecule has 0 aliphatic carbocycles. The summed E-state index contributed by atoms with van der Waals surface area (Å²) in [5, 5.41) is 20.7. The number of nitrogens with one attached hydrogen (secondary N) is 1. The lowest BCUT2D eigenvalue weighted by atomic mass is 10.0. The molecule has 1 fully saturated rings. The molecule has 1 saturated heterocycles. The highest BCUT2D eigenvalue weighted by Crippen LogP contribution is 2.39. The van der Waals surface area contributed by atoms with E-state index in [2.05, 4.69) is 34.1 Å². The SMILES string of the molecule is C[C@H]1CN(c2ncc3c(Cl)c(-c4cc5cn(C)nc5cc4O)ccc3n2)C[C@H](C)N1. The summed E-state index contributed by atoms with van der Waals surface area (Å²) in [5.41, 5.74) is 2.93. The van der Waals surface area contributed by atoms with Gasteiger partial charge in [0.25, 0.3) is 0 Å². The number of anilines is 1. The number of benzene rings is 2. The second kappa shape index (κ2) is 7.11. The molecule has 0 bridgehead atoms. The molecule has 3 heterocycles. The Labute approximate surface area is 179 Å². The van der Waals surface area contributed by atoms with Crippen molar-refractivity contribution in [2.45, 2.75) is 25.9 Å². The van der Waals surface area contributed by atoms with Crippen LogP contribution in [0.2, 0.25) is 5.02 Å². The molecule has 0 unspecified atom stereocenters. The number of phenols is 1. The van der Waals surface area contributed by atoms with Crippen molar-refractivity contribution < 1.29 is 5.11 Å². The number of aryl methyl sites for hydroxylation is 1. The van der Waals surface area contributed by atoms with Gasteiger partial charge in [-0.05, 0) is 26.0 Å². The average Bonchev–Trinajstić information content (AvgIpc) is 3.05. The number of phenolic OH excluding ortho intramolecular Hbond substituents is 1. The zero-order chi connectivity index (χ0) is 21.0. The number of aromatic nitrogens is 4. The normalized spacial score (nSPS) is 19.7. The molecule has 0 amide bonds. The topological polar surface area (TPSA) is 79.1 Å². The van der Waals surface area contributed by atoms with E-state index in [1.807, 2.05) is 31.4 Å². The zero-order valence-electron chi connectivity index (χ0n) is 17.1. The summed E-state index contributed by atoms with van der Waals surface area (Å²) >= 11 is 6.75. The number of rotatable bonds is 2. The van der Waals surface area contributed by atoms with E-state index in [1.165, 1.54) is 0 Å². The minimum Gasteiger partial charge on any atom is -0.507 e. The first-order chi connectivity index (χ1) is 14.4. The van der Waals surface area contributed by atoms with Gasteiger partial charge in [0, 0.05) is 72.6 Å². The van der Waals surface area contributed by atoms with Crippen molar-refractivity contribution in [3.05, 3.63) is 41.7 Å². The second-order valence-electron chi connectivity index (χ2n) is 8.13. The van der Waals surface area contributed by atoms with Crippen LogP contribution in [0.15, 0.2) is 36.7 Å². The van der Waals surface area contributed by atoms with E-state index in [0.29, 0.717) is 28.6 Å². The number of hydrogen-bond donors (Lipinski definition) is 2. The Hall–Kier alpha value is -2.90. The van der Waals surface area contributed by atoms with Crippen LogP contribution in [0.25, 0.3) is 32.9 Å². The molecule has 0 radical (unpaired) electrons. The number of fused-ring (bicyclic) bond motifs is 2. The molecule has 154 valence electrons. The number of hydrogen-bond acceptors (Lipinski definition) is 6. The lowest BCUT2D eigenvalue weighted by molar-refractivity contribution is 0.403. The number of piperazine rings is 1. The van der Waals surface area contributed by atoms with Gasteiger partial charge >= 0.3 is 0 Å². The van der Waals surface area contributed by atoms with Crippen LogP contribution in [-0.2, 0) is 7.05 Å². The van der Waals surface area contributed by atoms with Crippen LogP contribution in [0, 0.1) is 0 Å². The van der Waals surface area contributed by atoms with Crippen molar-refractivity contribution in [2.75, 3.05) is 18.0 Å². The van der Waals surface area contributed by atoms with Crippen LogP contribution in [0.5, 0.6) is 5.75 Å². The average molecular weight is 423 g/mol. The first-order valence-corrected chi connectivity index (χ1v) is 10.4. The molecule has 8 heteroatoms. The molecule has 2 N–H and O–H groups in total. The molecule has 0 spiro atoms. The van der Waals surface area contributed by atoms with Crippen molar-refractivity contribution in [1.82, 2.24) is 25.1 Å². The number of halogens is 1. The minimum atomic E-state index is 0.142. The molecule has 2 aromatic heterocycles. The predicted octanol–water partition coefficient (Wildman–Crippen LogP) is 3.73. The van der Waals surface area contributed by atoms with Gasteiger partial charge in [-0.1, -0.05) is 17.7 Å². The maximum atomic E-state index is 10.6. The summed E-state index contributed by atoms with van der Waals surface area (Å²) in [5.74, 6) is 0.856. The van der Waals surface area contributed by atoms with Crippen molar-refractivity contribution >= 4 is 39.4 Å². The largest absolute Gasteiger partial charge is 0.507 e. The Morgan fingerprint density at radius 3 is 2.63 bits per heavy atom. The Kier molecular flexibility index (Phi) is 4.52. The first kappa shape index (κ1) is 19.1. The smallest absolute Gasteiger partial charge is 0.225 e. The number of nitrogens with zero attached hydrogens (tertiary/aromatic N) is 5. The lowest BCUT2D eigenvalue weighted by Crippen LogP contribution is -2.54. The van der Waals surface area contributed by atoms with E-state index >= 15 is 0 Å². The summed E-state index contributed by atoms with van der Waals surface area (Å²) in [6.07, 6.45) is 3.69. The van der Waals surface area contributed by atoms with Crippen LogP contribution in [-0.4, -0.2) is 50.0 Å². The summed E-state index contributed by atoms with van der Waals surface area (Å²) in [7, 11) is 1.86. The molecule has 0 saturated carbocycles. The first-order valence-electron chi connectivity index (χ1n) is 10.0. The molecular weight excluding hydrogens is 400 g/mol. The van der Waals surface area contributed by atoms with E-state index in [-0.39, 0.29) is 5.75 Å². The van der Waals surface area contributed by atoms with Crippen LogP contribution >= 0.6 is 11.6 Å². The highest BCUT2D eigenvalue weighted by Gasteiger charge is 2.23. The fourth-order valence-corrected chi connectivity index (χ4v) is 4.62. The molecule has 1 aliphatic heterocycles. The maximum Gasteiger partial charge on any atom is 0.225 e. The fraction of sp³-hybridized carbons (Fsp3) is 0.318. The van der Waals surface area contributed by atoms with E-state index in [1.54, 1.807) is 16.9 Å². The Bertz CT molecular complexity index is 1260. The fourth-order valence-electron chi connectivity index (χ4n) is 4.31. The van der Waals surface area contributed by atoms with Gasteiger partial charge in [-0.25, -0.2) is 9.97 Å². The van der Waals surface area contributed by atoms with Crippen LogP contribution in [0.1, 0.15) is 13.8 Å². The van der Waals surface area contributed by atoms with Gasteiger partial charge in [0.2, 0.25) is 5.95 Å². The van der Waals surface area contributed by atoms with Crippen molar-refractivity contribution in [3.8, 4) is 16.9 Å². The second-order valence-corrected chi connectivity index (χ2v) is 8.51. The third kappa shape index (κ3) is 3.24. The van der Waals surface area contributed by atoms with Gasteiger partial charge in [-0.2, -0.15) is 5.10 Å². The summed E-state index contributed by atoms with van der Waals surface area (Å²) < 4.78 is 1.73. The van der Waals surface area contributed by atoms with Gasteiger partial charge in [0.1, 0.15) is 5.75 Å². The molecule has 7 nitrogen and oxygen atoms in total. The van der Waals surface area contributed by atoms with Crippen LogP contribution in [0.3, 0.4) is 0 Å².